The molecule has 0 saturated carbocycles. The van der Waals surface area contributed by atoms with Crippen LogP contribution in [-0.4, -0.2) is 9.55 Å². The molecule has 7 aromatic rings. The molecule has 0 atom stereocenters. The van der Waals surface area contributed by atoms with Crippen LogP contribution in [0.5, 0.6) is 0 Å². The monoisotopic (exact) mass is 484 g/mol. The lowest BCUT2D eigenvalue weighted by Gasteiger charge is -2.14. The molecule has 0 amide bonds. The molecule has 1 aliphatic rings. The summed E-state index contributed by atoms with van der Waals surface area (Å²) in [5.74, 6) is 0.945. The van der Waals surface area contributed by atoms with E-state index < -0.39 is 0 Å². The third-order valence-corrected chi connectivity index (χ3v) is 7.83. The number of hydrogen-bond acceptors (Lipinski definition) is 1. The van der Waals surface area contributed by atoms with Crippen LogP contribution in [0.4, 0.5) is 0 Å². The zero-order valence-electron chi connectivity index (χ0n) is 20.8. The van der Waals surface area contributed by atoms with Crippen molar-refractivity contribution in [1.82, 2.24) is 9.55 Å². The van der Waals surface area contributed by atoms with Crippen molar-refractivity contribution in [2.45, 2.75) is 6.42 Å². The summed E-state index contributed by atoms with van der Waals surface area (Å²) in [6, 6.07) is 47.7. The zero-order valence-corrected chi connectivity index (χ0v) is 20.8. The second-order valence-corrected chi connectivity index (χ2v) is 10.0. The van der Waals surface area contributed by atoms with E-state index in [-0.39, 0.29) is 0 Å². The maximum absolute atomic E-state index is 5.31. The minimum absolute atomic E-state index is 0.934. The van der Waals surface area contributed by atoms with E-state index in [0.29, 0.717) is 0 Å². The van der Waals surface area contributed by atoms with Crippen LogP contribution >= 0.6 is 0 Å². The van der Waals surface area contributed by atoms with Crippen molar-refractivity contribution in [2.24, 2.45) is 0 Å². The number of para-hydroxylation sites is 1. The van der Waals surface area contributed by atoms with Crippen LogP contribution < -0.4 is 0 Å². The Hall–Kier alpha value is -4.95. The van der Waals surface area contributed by atoms with E-state index in [1.54, 1.807) is 0 Å². The van der Waals surface area contributed by atoms with Crippen molar-refractivity contribution in [1.29, 1.82) is 0 Å². The number of benzene rings is 5. The van der Waals surface area contributed by atoms with Gasteiger partial charge in [-0.1, -0.05) is 115 Å². The average Bonchev–Trinajstić information content (AvgIpc) is 3.54. The highest BCUT2D eigenvalue weighted by atomic mass is 15.1. The maximum Gasteiger partial charge on any atom is 0.138 e. The fraction of sp³-hybridized carbons (Fsp3) is 0.0278. The predicted molar refractivity (Wildman–Crippen MR) is 158 cm³/mol. The fourth-order valence-corrected chi connectivity index (χ4v) is 6.11. The Balaban J connectivity index is 1.48. The molecule has 0 radical (unpaired) electrons. The quantitative estimate of drug-likeness (QED) is 0.244. The average molecular weight is 485 g/mol. The molecule has 0 N–H and O–H groups in total. The van der Waals surface area contributed by atoms with Crippen LogP contribution in [0.25, 0.3) is 61.1 Å². The number of pyridine rings is 1. The van der Waals surface area contributed by atoms with Crippen LogP contribution in [0.2, 0.25) is 0 Å². The highest BCUT2D eigenvalue weighted by Gasteiger charge is 2.25. The largest absolute Gasteiger partial charge is 0.293 e. The lowest BCUT2D eigenvalue weighted by atomic mass is 10.0. The van der Waals surface area contributed by atoms with E-state index in [0.717, 1.165) is 29.1 Å². The number of hydrogen-bond donors (Lipinski definition) is 0. The Morgan fingerprint density at radius 1 is 0.526 bits per heavy atom. The van der Waals surface area contributed by atoms with E-state index in [2.05, 4.69) is 138 Å². The molecule has 5 aromatic carbocycles. The molecule has 0 aliphatic heterocycles. The Morgan fingerprint density at radius 3 is 2.08 bits per heavy atom. The Labute approximate surface area is 221 Å². The number of fused-ring (bicyclic) bond motifs is 7. The molecule has 0 bridgehead atoms. The summed E-state index contributed by atoms with van der Waals surface area (Å²) >= 11 is 0. The minimum atomic E-state index is 0.934. The van der Waals surface area contributed by atoms with Crippen LogP contribution in [0.15, 0.2) is 133 Å². The van der Waals surface area contributed by atoms with Gasteiger partial charge >= 0.3 is 0 Å². The van der Waals surface area contributed by atoms with Crippen LogP contribution in [-0.2, 0) is 6.42 Å². The second kappa shape index (κ2) is 8.29. The summed E-state index contributed by atoms with van der Waals surface area (Å²) < 4.78 is 2.40. The predicted octanol–water partition coefficient (Wildman–Crippen LogP) is 9.08. The minimum Gasteiger partial charge on any atom is -0.293 e. The standard InChI is InChI=1S/C36H24N2/c1-3-11-24(12-4-1)27-22-33(25-13-5-2-6-14-25)37-35(23-27)38-34-18-10-9-17-30(34)31-20-19-29-28-16-8-7-15-26(28)21-32(29)36(31)38/h1-20,22-23H,21H2. The van der Waals surface area contributed by atoms with Crippen molar-refractivity contribution < 1.29 is 0 Å². The fourth-order valence-electron chi connectivity index (χ4n) is 6.11. The molecule has 2 heterocycles. The maximum atomic E-state index is 5.31. The second-order valence-electron chi connectivity index (χ2n) is 10.0. The zero-order chi connectivity index (χ0) is 25.1. The van der Waals surface area contributed by atoms with Gasteiger partial charge in [-0.25, -0.2) is 4.98 Å². The van der Waals surface area contributed by atoms with Crippen LogP contribution in [0.3, 0.4) is 0 Å². The van der Waals surface area contributed by atoms with E-state index in [9.17, 15) is 0 Å². The molecule has 2 heteroatoms. The first-order valence-electron chi connectivity index (χ1n) is 13.1. The van der Waals surface area contributed by atoms with Gasteiger partial charge in [0.2, 0.25) is 0 Å². The summed E-state index contributed by atoms with van der Waals surface area (Å²) in [5, 5.41) is 2.54. The first kappa shape index (κ1) is 21.2. The van der Waals surface area contributed by atoms with Crippen LogP contribution in [0.1, 0.15) is 11.1 Å². The van der Waals surface area contributed by atoms with Gasteiger partial charge in [0.15, 0.2) is 0 Å². The van der Waals surface area contributed by atoms with Gasteiger partial charge in [-0.3, -0.25) is 4.57 Å². The van der Waals surface area contributed by atoms with Gasteiger partial charge in [0.1, 0.15) is 5.82 Å². The lowest BCUT2D eigenvalue weighted by Crippen LogP contribution is -2.01. The highest BCUT2D eigenvalue weighted by molar-refractivity contribution is 6.12. The third kappa shape index (κ3) is 3.17. The summed E-state index contributed by atoms with van der Waals surface area (Å²) in [4.78, 5) is 5.31. The summed E-state index contributed by atoms with van der Waals surface area (Å²) in [6.45, 7) is 0. The molecule has 178 valence electrons. The topological polar surface area (TPSA) is 17.8 Å². The molecular formula is C36H24N2. The van der Waals surface area contributed by atoms with Gasteiger partial charge < -0.3 is 0 Å². The van der Waals surface area contributed by atoms with Gasteiger partial charge in [-0.2, -0.15) is 0 Å². The van der Waals surface area contributed by atoms with Crippen molar-refractivity contribution in [3.63, 3.8) is 0 Å². The number of rotatable bonds is 3. The first-order valence-corrected chi connectivity index (χ1v) is 13.1. The van der Waals surface area contributed by atoms with Crippen LogP contribution in [0, 0.1) is 0 Å². The smallest absolute Gasteiger partial charge is 0.138 e. The molecule has 8 rings (SSSR count). The SMILES string of the molecule is c1ccc(-c2cc(-c3ccccc3)nc(-n3c4ccccc4c4ccc5c(c43)Cc3ccccc3-5)c2)cc1. The molecule has 0 saturated heterocycles. The molecule has 2 nitrogen and oxygen atoms in total. The molecule has 0 spiro atoms. The van der Waals surface area contributed by atoms with Crippen molar-refractivity contribution in [2.75, 3.05) is 0 Å². The Morgan fingerprint density at radius 2 is 1.24 bits per heavy atom. The summed E-state index contributed by atoms with van der Waals surface area (Å²) in [6.07, 6.45) is 0.934. The highest BCUT2D eigenvalue weighted by Crippen LogP contribution is 2.44. The lowest BCUT2D eigenvalue weighted by molar-refractivity contribution is 1.07. The van der Waals surface area contributed by atoms with E-state index in [1.807, 2.05) is 0 Å². The number of aromatic nitrogens is 2. The van der Waals surface area contributed by atoms with Gasteiger partial charge in [0, 0.05) is 22.8 Å². The number of nitrogens with zero attached hydrogens (tertiary/aromatic N) is 2. The molecule has 0 unspecified atom stereocenters. The summed E-state index contributed by atoms with van der Waals surface area (Å²) in [5.41, 5.74) is 12.3. The summed E-state index contributed by atoms with van der Waals surface area (Å²) in [7, 11) is 0. The normalized spacial score (nSPS) is 12.1. The molecule has 1 aliphatic carbocycles. The molecule has 2 aromatic heterocycles. The Bertz CT molecular complexity index is 1920. The van der Waals surface area contributed by atoms with Crippen molar-refractivity contribution in [3.05, 3.63) is 145 Å². The van der Waals surface area contributed by atoms with Gasteiger partial charge in [-0.15, -0.1) is 0 Å². The van der Waals surface area contributed by atoms with E-state index in [1.165, 1.54) is 49.6 Å². The molecular weight excluding hydrogens is 460 g/mol. The van der Waals surface area contributed by atoms with E-state index in [4.69, 9.17) is 4.98 Å². The van der Waals surface area contributed by atoms with E-state index >= 15 is 0 Å². The Kier molecular flexibility index (Phi) is 4.62. The third-order valence-electron chi connectivity index (χ3n) is 7.83. The molecule has 38 heavy (non-hydrogen) atoms. The first-order chi connectivity index (χ1) is 18.8. The van der Waals surface area contributed by atoms with Crippen molar-refractivity contribution in [3.8, 4) is 39.3 Å². The van der Waals surface area contributed by atoms with Gasteiger partial charge in [-0.05, 0) is 51.6 Å². The van der Waals surface area contributed by atoms with Gasteiger partial charge in [0.05, 0.1) is 16.7 Å². The van der Waals surface area contributed by atoms with Crippen molar-refractivity contribution >= 4 is 21.8 Å². The molecule has 0 fully saturated rings. The van der Waals surface area contributed by atoms with Gasteiger partial charge in [0.25, 0.3) is 0 Å².